The van der Waals surface area contributed by atoms with Crippen LogP contribution >= 0.6 is 0 Å². The number of rotatable bonds is 7. The summed E-state index contributed by atoms with van der Waals surface area (Å²) in [5.74, 6) is 0.804. The second-order valence-electron chi connectivity index (χ2n) is 4.49. The van der Waals surface area contributed by atoms with Crippen LogP contribution in [0.5, 0.6) is 5.75 Å². The maximum absolute atomic E-state index is 12.3. The fourth-order valence-corrected chi connectivity index (χ4v) is 1.63. The van der Waals surface area contributed by atoms with Gasteiger partial charge in [-0.15, -0.1) is 0 Å². The lowest BCUT2D eigenvalue weighted by molar-refractivity contribution is 0.0106. The second kappa shape index (κ2) is 6.55. The highest BCUT2D eigenvalue weighted by molar-refractivity contribution is 6.02. The molecule has 1 rings (SSSR count). The monoisotopic (exact) mass is 250 g/mol. The van der Waals surface area contributed by atoms with Gasteiger partial charge in [0.15, 0.2) is 5.78 Å². The normalized spacial score (nSPS) is 14.0. The average molecular weight is 250 g/mol. The molecule has 0 aromatic heterocycles. The molecule has 0 N–H and O–H groups in total. The number of benzene rings is 1. The lowest BCUT2D eigenvalue weighted by Crippen LogP contribution is -2.36. The Morgan fingerprint density at radius 3 is 2.28 bits per heavy atom. The van der Waals surface area contributed by atoms with Crippen LogP contribution in [0.3, 0.4) is 0 Å². The molecule has 0 heterocycles. The third-order valence-corrected chi connectivity index (χ3v) is 3.19. The van der Waals surface area contributed by atoms with Gasteiger partial charge in [0.25, 0.3) is 0 Å². The van der Waals surface area contributed by atoms with Gasteiger partial charge in [-0.25, -0.2) is 0 Å². The Kier molecular flexibility index (Phi) is 5.35. The van der Waals surface area contributed by atoms with Crippen molar-refractivity contribution in [2.45, 2.75) is 39.2 Å². The molecular formula is C15H22O3. The first kappa shape index (κ1) is 14.7. The van der Waals surface area contributed by atoms with Crippen LogP contribution in [0.2, 0.25) is 0 Å². The zero-order valence-electron chi connectivity index (χ0n) is 11.7. The highest BCUT2D eigenvalue weighted by atomic mass is 16.5. The topological polar surface area (TPSA) is 35.5 Å². The minimum Gasteiger partial charge on any atom is -0.494 e. The van der Waals surface area contributed by atoms with E-state index in [2.05, 4.69) is 6.92 Å². The summed E-state index contributed by atoms with van der Waals surface area (Å²) in [7, 11) is 1.57. The van der Waals surface area contributed by atoms with Crippen LogP contribution in [0, 0.1) is 0 Å². The second-order valence-corrected chi connectivity index (χ2v) is 4.49. The minimum atomic E-state index is -0.744. The number of carbonyl (C=O) groups excluding carboxylic acids is 1. The number of carbonyl (C=O) groups is 1. The van der Waals surface area contributed by atoms with Gasteiger partial charge in [-0.2, -0.15) is 0 Å². The number of methoxy groups -OCH3 is 1. The van der Waals surface area contributed by atoms with Crippen LogP contribution < -0.4 is 4.74 Å². The SMILES string of the molecule is CCCOc1ccc(C(=O)C(C)(CC)OC)cc1. The summed E-state index contributed by atoms with van der Waals surface area (Å²) in [5.41, 5.74) is -0.0868. The Hall–Kier alpha value is -1.35. The number of hydrogen-bond acceptors (Lipinski definition) is 3. The van der Waals surface area contributed by atoms with Crippen molar-refractivity contribution in [3.8, 4) is 5.75 Å². The summed E-state index contributed by atoms with van der Waals surface area (Å²) >= 11 is 0. The van der Waals surface area contributed by atoms with Crippen molar-refractivity contribution in [3.63, 3.8) is 0 Å². The van der Waals surface area contributed by atoms with Crippen molar-refractivity contribution in [3.05, 3.63) is 29.8 Å². The average Bonchev–Trinajstić information content (AvgIpc) is 2.44. The summed E-state index contributed by atoms with van der Waals surface area (Å²) in [6.45, 7) is 6.51. The molecule has 0 spiro atoms. The van der Waals surface area contributed by atoms with Crippen LogP contribution in [0.15, 0.2) is 24.3 Å². The molecule has 0 radical (unpaired) electrons. The highest BCUT2D eigenvalue weighted by Crippen LogP contribution is 2.22. The summed E-state index contributed by atoms with van der Waals surface area (Å²) < 4.78 is 10.8. The largest absolute Gasteiger partial charge is 0.494 e. The molecule has 0 amide bonds. The molecule has 1 aromatic carbocycles. The van der Waals surface area contributed by atoms with E-state index >= 15 is 0 Å². The van der Waals surface area contributed by atoms with E-state index in [0.29, 0.717) is 18.6 Å². The summed E-state index contributed by atoms with van der Waals surface area (Å²) in [4.78, 5) is 12.3. The quantitative estimate of drug-likeness (QED) is 0.695. The standard InChI is InChI=1S/C15H22O3/c1-5-11-18-13-9-7-12(8-10-13)14(16)15(3,6-2)17-4/h7-10H,5-6,11H2,1-4H3. The van der Waals surface area contributed by atoms with Crippen LogP contribution in [0.25, 0.3) is 0 Å². The Morgan fingerprint density at radius 1 is 1.22 bits per heavy atom. The van der Waals surface area contributed by atoms with Gasteiger partial charge in [0.05, 0.1) is 6.61 Å². The molecule has 100 valence electrons. The number of ketones is 1. The van der Waals surface area contributed by atoms with Crippen molar-refractivity contribution in [2.75, 3.05) is 13.7 Å². The first-order valence-corrected chi connectivity index (χ1v) is 6.40. The van der Waals surface area contributed by atoms with Crippen molar-refractivity contribution in [2.24, 2.45) is 0 Å². The van der Waals surface area contributed by atoms with Crippen LogP contribution in [-0.4, -0.2) is 25.1 Å². The van der Waals surface area contributed by atoms with Crippen molar-refractivity contribution in [1.82, 2.24) is 0 Å². The van der Waals surface area contributed by atoms with Crippen LogP contribution in [0.1, 0.15) is 44.0 Å². The van der Waals surface area contributed by atoms with Gasteiger partial charge >= 0.3 is 0 Å². The molecule has 0 fully saturated rings. The van der Waals surface area contributed by atoms with Gasteiger partial charge in [-0.1, -0.05) is 13.8 Å². The molecule has 18 heavy (non-hydrogen) atoms. The Bertz CT molecular complexity index is 377. The predicted molar refractivity (Wildman–Crippen MR) is 72.3 cm³/mol. The van der Waals surface area contributed by atoms with E-state index in [1.165, 1.54) is 0 Å². The maximum Gasteiger partial charge on any atom is 0.194 e. The molecule has 0 saturated carbocycles. The van der Waals surface area contributed by atoms with E-state index in [4.69, 9.17) is 9.47 Å². The molecule has 1 atom stereocenters. The van der Waals surface area contributed by atoms with E-state index in [1.807, 2.05) is 26.0 Å². The number of Topliss-reactive ketones (excluding diaryl/α,β-unsaturated/α-hetero) is 1. The van der Waals surface area contributed by atoms with E-state index in [9.17, 15) is 4.79 Å². The third kappa shape index (κ3) is 3.33. The van der Waals surface area contributed by atoms with Crippen molar-refractivity contribution in [1.29, 1.82) is 0 Å². The Balaban J connectivity index is 2.81. The maximum atomic E-state index is 12.3. The molecule has 0 saturated heterocycles. The molecule has 0 aliphatic carbocycles. The van der Waals surface area contributed by atoms with E-state index in [1.54, 1.807) is 19.2 Å². The molecule has 0 aliphatic heterocycles. The first-order valence-electron chi connectivity index (χ1n) is 6.40. The van der Waals surface area contributed by atoms with Crippen molar-refractivity contribution >= 4 is 5.78 Å². The van der Waals surface area contributed by atoms with E-state index in [-0.39, 0.29) is 5.78 Å². The lowest BCUT2D eigenvalue weighted by atomic mass is 9.92. The molecule has 1 aromatic rings. The molecule has 1 unspecified atom stereocenters. The number of hydrogen-bond donors (Lipinski definition) is 0. The first-order chi connectivity index (χ1) is 8.57. The summed E-state index contributed by atoms with van der Waals surface area (Å²) in [5, 5.41) is 0. The van der Waals surface area contributed by atoms with Gasteiger partial charge in [-0.05, 0) is 44.0 Å². The fraction of sp³-hybridized carbons (Fsp3) is 0.533. The van der Waals surface area contributed by atoms with Gasteiger partial charge in [0.2, 0.25) is 0 Å². The van der Waals surface area contributed by atoms with Gasteiger partial charge in [0.1, 0.15) is 11.4 Å². The molecular weight excluding hydrogens is 228 g/mol. The minimum absolute atomic E-state index is 0.00883. The molecule has 0 aliphatic rings. The zero-order chi connectivity index (χ0) is 13.6. The molecule has 0 bridgehead atoms. The summed E-state index contributed by atoms with van der Waals surface area (Å²) in [6, 6.07) is 7.24. The Morgan fingerprint density at radius 2 is 1.83 bits per heavy atom. The van der Waals surface area contributed by atoms with Gasteiger partial charge in [0, 0.05) is 12.7 Å². The van der Waals surface area contributed by atoms with Gasteiger partial charge in [-0.3, -0.25) is 4.79 Å². The lowest BCUT2D eigenvalue weighted by Gasteiger charge is -2.24. The van der Waals surface area contributed by atoms with E-state index < -0.39 is 5.60 Å². The smallest absolute Gasteiger partial charge is 0.194 e. The summed E-state index contributed by atoms with van der Waals surface area (Å²) in [6.07, 6.45) is 1.62. The van der Waals surface area contributed by atoms with E-state index in [0.717, 1.165) is 12.2 Å². The van der Waals surface area contributed by atoms with Crippen molar-refractivity contribution < 1.29 is 14.3 Å². The van der Waals surface area contributed by atoms with Crippen LogP contribution in [-0.2, 0) is 4.74 Å². The third-order valence-electron chi connectivity index (χ3n) is 3.19. The molecule has 3 heteroatoms. The number of ether oxygens (including phenoxy) is 2. The predicted octanol–water partition coefficient (Wildman–Crippen LogP) is 3.47. The fourth-order valence-electron chi connectivity index (χ4n) is 1.63. The zero-order valence-corrected chi connectivity index (χ0v) is 11.7. The Labute approximate surface area is 109 Å². The highest BCUT2D eigenvalue weighted by Gasteiger charge is 2.31. The van der Waals surface area contributed by atoms with Crippen LogP contribution in [0.4, 0.5) is 0 Å². The molecule has 3 nitrogen and oxygen atoms in total. The van der Waals surface area contributed by atoms with Gasteiger partial charge < -0.3 is 9.47 Å².